The van der Waals surface area contributed by atoms with E-state index in [2.05, 4.69) is 14.8 Å². The molecular formula is C13H19N3O2S. The molecule has 4 rings (SSSR count). The van der Waals surface area contributed by atoms with Crippen molar-refractivity contribution in [1.29, 1.82) is 0 Å². The quantitative estimate of drug-likeness (QED) is 0.768. The maximum atomic E-state index is 11.4. The van der Waals surface area contributed by atoms with Crippen LogP contribution < -0.4 is 0 Å². The minimum absolute atomic E-state index is 0.187. The molecule has 1 atom stereocenters. The average Bonchev–Trinajstić information content (AvgIpc) is 2.88. The van der Waals surface area contributed by atoms with Gasteiger partial charge >= 0.3 is 5.97 Å². The first kappa shape index (κ1) is 13.0. The summed E-state index contributed by atoms with van der Waals surface area (Å²) in [6.45, 7) is 7.96. The summed E-state index contributed by atoms with van der Waals surface area (Å²) in [5.41, 5.74) is 0.844. The molecule has 3 fully saturated rings. The van der Waals surface area contributed by atoms with E-state index in [1.165, 1.54) is 13.1 Å². The second-order valence-corrected chi connectivity index (χ2v) is 5.90. The van der Waals surface area contributed by atoms with Crippen molar-refractivity contribution in [3.63, 3.8) is 0 Å². The van der Waals surface area contributed by atoms with E-state index in [-0.39, 0.29) is 5.97 Å². The third kappa shape index (κ3) is 2.80. The van der Waals surface area contributed by atoms with Gasteiger partial charge in [-0.05, 0) is 6.92 Å². The summed E-state index contributed by atoms with van der Waals surface area (Å²) in [6.07, 6.45) is 0.292. The highest BCUT2D eigenvalue weighted by Crippen LogP contribution is 2.30. The van der Waals surface area contributed by atoms with Gasteiger partial charge in [0.25, 0.3) is 0 Å². The number of fused-ring (bicyclic) bond motifs is 3. The summed E-state index contributed by atoms with van der Waals surface area (Å²) in [7, 11) is 0. The molecule has 4 heterocycles. The Morgan fingerprint density at radius 3 is 2.89 bits per heavy atom. The van der Waals surface area contributed by atoms with E-state index in [1.54, 1.807) is 11.3 Å². The lowest BCUT2D eigenvalue weighted by atomic mass is 10.1. The molecule has 1 aromatic heterocycles. The van der Waals surface area contributed by atoms with Crippen LogP contribution in [0.15, 0.2) is 5.38 Å². The van der Waals surface area contributed by atoms with Gasteiger partial charge in [-0.25, -0.2) is 4.98 Å². The largest absolute Gasteiger partial charge is 0.466 e. The van der Waals surface area contributed by atoms with Crippen molar-refractivity contribution in [3.05, 3.63) is 16.1 Å². The molecule has 0 amide bonds. The number of rotatable bonds is 4. The lowest BCUT2D eigenvalue weighted by Crippen LogP contribution is -2.56. The Morgan fingerprint density at radius 2 is 2.26 bits per heavy atom. The van der Waals surface area contributed by atoms with E-state index in [4.69, 9.17) is 4.74 Å². The van der Waals surface area contributed by atoms with Crippen LogP contribution in [0.3, 0.4) is 0 Å². The first-order valence-electron chi connectivity index (χ1n) is 6.82. The second-order valence-electron chi connectivity index (χ2n) is 5.01. The highest BCUT2D eigenvalue weighted by atomic mass is 32.1. The Morgan fingerprint density at radius 1 is 1.47 bits per heavy atom. The number of carbonyl (C=O) groups is 1. The zero-order valence-electron chi connectivity index (χ0n) is 11.2. The number of piperazine rings is 3. The highest BCUT2D eigenvalue weighted by Gasteiger charge is 2.34. The molecule has 1 unspecified atom stereocenters. The van der Waals surface area contributed by atoms with Crippen LogP contribution in [-0.2, 0) is 16.0 Å². The van der Waals surface area contributed by atoms with Gasteiger partial charge in [0, 0.05) is 38.1 Å². The average molecular weight is 281 g/mol. The smallest absolute Gasteiger partial charge is 0.311 e. The normalized spacial score (nSPS) is 29.4. The minimum Gasteiger partial charge on any atom is -0.466 e. The molecule has 0 spiro atoms. The fourth-order valence-corrected chi connectivity index (χ4v) is 3.71. The fourth-order valence-electron chi connectivity index (χ4n) is 2.77. The number of carbonyl (C=O) groups excluding carboxylic acids is 1. The number of esters is 1. The van der Waals surface area contributed by atoms with Gasteiger partial charge in [-0.15, -0.1) is 11.3 Å². The molecule has 3 saturated heterocycles. The topological polar surface area (TPSA) is 45.7 Å². The van der Waals surface area contributed by atoms with Gasteiger partial charge in [-0.1, -0.05) is 0 Å². The van der Waals surface area contributed by atoms with Crippen LogP contribution in [0.4, 0.5) is 0 Å². The molecule has 0 N–H and O–H groups in total. The maximum Gasteiger partial charge on any atom is 0.311 e. The number of ether oxygens (including phenoxy) is 1. The van der Waals surface area contributed by atoms with E-state index in [9.17, 15) is 4.79 Å². The monoisotopic (exact) mass is 281 g/mol. The van der Waals surface area contributed by atoms with E-state index in [1.807, 2.05) is 12.3 Å². The van der Waals surface area contributed by atoms with Crippen LogP contribution in [-0.4, -0.2) is 60.1 Å². The van der Waals surface area contributed by atoms with Gasteiger partial charge in [0.1, 0.15) is 5.01 Å². The van der Waals surface area contributed by atoms with Crippen molar-refractivity contribution in [1.82, 2.24) is 14.8 Å². The van der Waals surface area contributed by atoms with Crippen molar-refractivity contribution in [2.75, 3.05) is 39.3 Å². The van der Waals surface area contributed by atoms with Gasteiger partial charge in [-0.3, -0.25) is 14.6 Å². The SMILES string of the molecule is CCOC(=O)Cc1csc(C2CN3CCN2CC3)n1. The molecule has 5 nitrogen and oxygen atoms in total. The molecule has 104 valence electrons. The van der Waals surface area contributed by atoms with Crippen LogP contribution in [0.2, 0.25) is 0 Å². The molecule has 2 bridgehead atoms. The standard InChI is InChI=1S/C13H19N3O2S/c1-2-18-12(17)7-10-9-19-13(14-10)11-8-15-3-5-16(11)6-4-15/h9,11H,2-8H2,1H3. The Kier molecular flexibility index (Phi) is 3.81. The zero-order valence-corrected chi connectivity index (χ0v) is 12.0. The Labute approximate surface area is 117 Å². The molecule has 3 aliphatic rings. The van der Waals surface area contributed by atoms with Crippen LogP contribution in [0.25, 0.3) is 0 Å². The van der Waals surface area contributed by atoms with Crippen LogP contribution in [0.1, 0.15) is 23.7 Å². The molecule has 0 aromatic carbocycles. The van der Waals surface area contributed by atoms with Gasteiger partial charge in [0.05, 0.1) is 24.8 Å². The first-order chi connectivity index (χ1) is 9.26. The van der Waals surface area contributed by atoms with Crippen molar-refractivity contribution in [2.24, 2.45) is 0 Å². The molecule has 0 saturated carbocycles. The fraction of sp³-hybridized carbons (Fsp3) is 0.692. The second kappa shape index (κ2) is 5.56. The summed E-state index contributed by atoms with van der Waals surface area (Å²) in [4.78, 5) is 21.1. The van der Waals surface area contributed by atoms with Gasteiger partial charge in [-0.2, -0.15) is 0 Å². The molecule has 6 heteroatoms. The number of aromatic nitrogens is 1. The summed E-state index contributed by atoms with van der Waals surface area (Å²) >= 11 is 1.67. The maximum absolute atomic E-state index is 11.4. The Bertz CT molecular complexity index is 454. The minimum atomic E-state index is -0.187. The number of nitrogens with zero attached hydrogens (tertiary/aromatic N) is 3. The molecule has 0 aliphatic carbocycles. The zero-order chi connectivity index (χ0) is 13.2. The van der Waals surface area contributed by atoms with Gasteiger partial charge in [0.2, 0.25) is 0 Å². The van der Waals surface area contributed by atoms with Gasteiger partial charge < -0.3 is 4.74 Å². The van der Waals surface area contributed by atoms with Crippen molar-refractivity contribution >= 4 is 17.3 Å². The molecule has 19 heavy (non-hydrogen) atoms. The van der Waals surface area contributed by atoms with Crippen LogP contribution in [0, 0.1) is 0 Å². The molecular weight excluding hydrogens is 262 g/mol. The Hall–Kier alpha value is -0.980. The van der Waals surface area contributed by atoms with Crippen molar-refractivity contribution in [2.45, 2.75) is 19.4 Å². The number of hydrogen-bond acceptors (Lipinski definition) is 6. The van der Waals surface area contributed by atoms with Crippen molar-refractivity contribution in [3.8, 4) is 0 Å². The molecule has 1 aromatic rings. The predicted molar refractivity (Wildman–Crippen MR) is 73.2 cm³/mol. The van der Waals surface area contributed by atoms with E-state index in [0.717, 1.165) is 30.3 Å². The van der Waals surface area contributed by atoms with Crippen LogP contribution >= 0.6 is 11.3 Å². The molecule has 3 aliphatic heterocycles. The summed E-state index contributed by atoms with van der Waals surface area (Å²) in [5, 5.41) is 3.13. The van der Waals surface area contributed by atoms with Gasteiger partial charge in [0.15, 0.2) is 0 Å². The summed E-state index contributed by atoms with van der Waals surface area (Å²) in [5.74, 6) is -0.187. The van der Waals surface area contributed by atoms with E-state index >= 15 is 0 Å². The van der Waals surface area contributed by atoms with Crippen LogP contribution in [0.5, 0.6) is 0 Å². The summed E-state index contributed by atoms with van der Waals surface area (Å²) in [6, 6.07) is 0.420. The predicted octanol–water partition coefficient (Wildman–Crippen LogP) is 0.921. The third-order valence-corrected chi connectivity index (χ3v) is 4.76. The lowest BCUT2D eigenvalue weighted by Gasteiger charge is -2.46. The van der Waals surface area contributed by atoms with E-state index < -0.39 is 0 Å². The first-order valence-corrected chi connectivity index (χ1v) is 7.70. The summed E-state index contributed by atoms with van der Waals surface area (Å²) < 4.78 is 4.96. The molecule has 0 radical (unpaired) electrons. The third-order valence-electron chi connectivity index (χ3n) is 3.76. The lowest BCUT2D eigenvalue weighted by molar-refractivity contribution is -0.142. The highest BCUT2D eigenvalue weighted by molar-refractivity contribution is 7.09. The number of hydrogen-bond donors (Lipinski definition) is 0. The Balaban J connectivity index is 1.66. The van der Waals surface area contributed by atoms with Crippen molar-refractivity contribution < 1.29 is 9.53 Å². The van der Waals surface area contributed by atoms with E-state index in [0.29, 0.717) is 19.1 Å². The number of thiazole rings is 1.